The van der Waals surface area contributed by atoms with E-state index in [1.165, 1.54) is 0 Å². The van der Waals surface area contributed by atoms with Gasteiger partial charge in [0.05, 0.1) is 0 Å². The Kier molecular flexibility index (Phi) is 5.59. The molecule has 0 aromatic carbocycles. The highest BCUT2D eigenvalue weighted by Crippen LogP contribution is 2.28. The van der Waals surface area contributed by atoms with Crippen LogP contribution >= 0.6 is 0 Å². The lowest BCUT2D eigenvalue weighted by Crippen LogP contribution is -2.47. The molecule has 1 rings (SSSR count). The summed E-state index contributed by atoms with van der Waals surface area (Å²) in [7, 11) is 2.61. The van der Waals surface area contributed by atoms with Gasteiger partial charge in [-0.25, -0.2) is 0 Å². The molecule has 0 aromatic rings. The second kappa shape index (κ2) is 6.52. The number of likely N-dealkylation sites (N-methyl/N-ethyl adjacent to an activating group) is 1. The molecule has 6 nitrogen and oxygen atoms in total. The second-order valence-corrected chi connectivity index (χ2v) is 5.32. The van der Waals surface area contributed by atoms with Gasteiger partial charge >= 0.3 is 13.1 Å². The summed E-state index contributed by atoms with van der Waals surface area (Å²) in [6.45, 7) is 0.682. The van der Waals surface area contributed by atoms with Crippen molar-refractivity contribution in [3.63, 3.8) is 0 Å². The summed E-state index contributed by atoms with van der Waals surface area (Å²) in [6, 6.07) is 0.240. The lowest BCUT2D eigenvalue weighted by molar-refractivity contribution is -0.144. The van der Waals surface area contributed by atoms with Crippen LogP contribution in [0, 0.1) is 0 Å². The maximum Gasteiger partial charge on any atom is 0.451 e. The van der Waals surface area contributed by atoms with Crippen LogP contribution in [0.3, 0.4) is 0 Å². The zero-order chi connectivity index (χ0) is 13.8. The average molecular weight is 258 g/mol. The first kappa shape index (κ1) is 15.4. The highest BCUT2D eigenvalue weighted by molar-refractivity contribution is 6.40. The number of carboxylic acids is 1. The fraction of sp³-hybridized carbons (Fsp3) is 0.909. The largest absolute Gasteiger partial charge is 0.480 e. The molecular weight excluding hydrogens is 235 g/mol. The number of rotatable bonds is 7. The molecule has 0 unspecified atom stereocenters. The van der Waals surface area contributed by atoms with Crippen molar-refractivity contribution in [1.29, 1.82) is 0 Å². The quantitative estimate of drug-likeness (QED) is 0.359. The zero-order valence-corrected chi connectivity index (χ0v) is 11.1. The fourth-order valence-electron chi connectivity index (χ4n) is 2.44. The Morgan fingerprint density at radius 3 is 2.56 bits per heavy atom. The van der Waals surface area contributed by atoms with E-state index in [0.717, 1.165) is 0 Å². The molecule has 0 spiro atoms. The first-order valence-electron chi connectivity index (χ1n) is 6.38. The number of carbonyl (C=O) groups is 1. The van der Waals surface area contributed by atoms with E-state index in [1.807, 2.05) is 19.0 Å². The highest BCUT2D eigenvalue weighted by atomic mass is 16.4. The lowest BCUT2D eigenvalue weighted by Gasteiger charge is -2.25. The summed E-state index contributed by atoms with van der Waals surface area (Å²) >= 11 is 0. The van der Waals surface area contributed by atoms with Crippen LogP contribution in [0.2, 0.25) is 6.32 Å². The molecule has 1 aliphatic heterocycles. The van der Waals surface area contributed by atoms with E-state index in [-0.39, 0.29) is 6.04 Å². The van der Waals surface area contributed by atoms with Gasteiger partial charge in [-0.1, -0.05) is 12.8 Å². The zero-order valence-electron chi connectivity index (χ0n) is 11.1. The van der Waals surface area contributed by atoms with Crippen LogP contribution < -0.4 is 5.32 Å². The van der Waals surface area contributed by atoms with Crippen molar-refractivity contribution in [2.75, 3.05) is 20.6 Å². The van der Waals surface area contributed by atoms with Crippen LogP contribution in [0.5, 0.6) is 0 Å². The van der Waals surface area contributed by atoms with E-state index >= 15 is 0 Å². The lowest BCUT2D eigenvalue weighted by atomic mass is 9.81. The molecule has 0 amide bonds. The Labute approximate surface area is 108 Å². The molecule has 1 heterocycles. The Balaban J connectivity index is 2.48. The molecule has 0 bridgehead atoms. The summed E-state index contributed by atoms with van der Waals surface area (Å²) < 4.78 is 0. The van der Waals surface area contributed by atoms with Gasteiger partial charge in [0, 0.05) is 12.6 Å². The molecule has 1 saturated heterocycles. The summed E-state index contributed by atoms with van der Waals surface area (Å²) in [5.41, 5.74) is -0.852. The van der Waals surface area contributed by atoms with Crippen molar-refractivity contribution in [2.24, 2.45) is 0 Å². The minimum atomic E-state index is -1.29. The summed E-state index contributed by atoms with van der Waals surface area (Å²) in [5, 5.41) is 30.0. The SMILES string of the molecule is CN(C)[C@H]1CN[C@](CCCCB(O)O)(C(=O)O)C1. The van der Waals surface area contributed by atoms with Gasteiger partial charge in [0.2, 0.25) is 0 Å². The van der Waals surface area contributed by atoms with Crippen molar-refractivity contribution < 1.29 is 19.9 Å². The Hall–Kier alpha value is -0.625. The van der Waals surface area contributed by atoms with Gasteiger partial charge in [-0.05, 0) is 33.3 Å². The molecule has 1 aliphatic rings. The predicted octanol–water partition coefficient (Wildman–Crippen LogP) is -0.624. The van der Waals surface area contributed by atoms with Gasteiger partial charge < -0.3 is 25.4 Å². The van der Waals surface area contributed by atoms with E-state index in [4.69, 9.17) is 10.0 Å². The normalized spacial score (nSPS) is 27.7. The van der Waals surface area contributed by atoms with Crippen LogP contribution in [0.1, 0.15) is 25.7 Å². The smallest absolute Gasteiger partial charge is 0.451 e. The van der Waals surface area contributed by atoms with E-state index in [0.29, 0.717) is 38.5 Å². The van der Waals surface area contributed by atoms with Gasteiger partial charge in [-0.15, -0.1) is 0 Å². The highest BCUT2D eigenvalue weighted by Gasteiger charge is 2.45. The number of carboxylic acid groups (broad SMARTS) is 1. The van der Waals surface area contributed by atoms with Gasteiger partial charge in [0.25, 0.3) is 0 Å². The Morgan fingerprint density at radius 1 is 1.44 bits per heavy atom. The van der Waals surface area contributed by atoms with Crippen molar-refractivity contribution in [2.45, 2.75) is 43.6 Å². The number of nitrogens with one attached hydrogen (secondary N) is 1. The van der Waals surface area contributed by atoms with Gasteiger partial charge in [-0.2, -0.15) is 0 Å². The summed E-state index contributed by atoms with van der Waals surface area (Å²) in [4.78, 5) is 13.5. The Morgan fingerprint density at radius 2 is 2.11 bits per heavy atom. The number of hydrogen-bond donors (Lipinski definition) is 4. The maximum atomic E-state index is 11.4. The van der Waals surface area contributed by atoms with Crippen molar-refractivity contribution >= 4 is 13.1 Å². The number of hydrogen-bond acceptors (Lipinski definition) is 5. The fourth-order valence-corrected chi connectivity index (χ4v) is 2.44. The van der Waals surface area contributed by atoms with Crippen molar-refractivity contribution in [3.05, 3.63) is 0 Å². The predicted molar refractivity (Wildman–Crippen MR) is 69.3 cm³/mol. The minimum absolute atomic E-state index is 0.240. The van der Waals surface area contributed by atoms with E-state index in [9.17, 15) is 9.90 Å². The molecule has 0 aromatic heterocycles. The number of unbranched alkanes of at least 4 members (excludes halogenated alkanes) is 1. The van der Waals surface area contributed by atoms with Gasteiger partial charge in [0.1, 0.15) is 5.54 Å². The molecular formula is C11H23BN2O4. The number of aliphatic carboxylic acids is 1. The molecule has 0 aliphatic carbocycles. The monoisotopic (exact) mass is 258 g/mol. The van der Waals surface area contributed by atoms with Crippen LogP contribution in [0.25, 0.3) is 0 Å². The molecule has 0 radical (unpaired) electrons. The third-order valence-corrected chi connectivity index (χ3v) is 3.72. The topological polar surface area (TPSA) is 93.0 Å². The molecule has 7 heteroatoms. The maximum absolute atomic E-state index is 11.4. The molecule has 4 N–H and O–H groups in total. The van der Waals surface area contributed by atoms with E-state index < -0.39 is 18.6 Å². The van der Waals surface area contributed by atoms with E-state index in [1.54, 1.807) is 0 Å². The van der Waals surface area contributed by atoms with Crippen LogP contribution in [-0.2, 0) is 4.79 Å². The minimum Gasteiger partial charge on any atom is -0.480 e. The summed E-state index contributed by atoms with van der Waals surface area (Å²) in [5.74, 6) is -0.809. The van der Waals surface area contributed by atoms with Crippen molar-refractivity contribution in [1.82, 2.24) is 10.2 Å². The third-order valence-electron chi connectivity index (χ3n) is 3.72. The molecule has 0 saturated carbocycles. The van der Waals surface area contributed by atoms with Crippen molar-refractivity contribution in [3.8, 4) is 0 Å². The van der Waals surface area contributed by atoms with E-state index in [2.05, 4.69) is 5.32 Å². The molecule has 104 valence electrons. The third kappa shape index (κ3) is 3.95. The van der Waals surface area contributed by atoms with Crippen LogP contribution in [0.15, 0.2) is 0 Å². The van der Waals surface area contributed by atoms with Gasteiger partial charge in [0.15, 0.2) is 0 Å². The van der Waals surface area contributed by atoms with Crippen LogP contribution in [-0.4, -0.2) is 65.4 Å². The van der Waals surface area contributed by atoms with Crippen LogP contribution in [0.4, 0.5) is 0 Å². The first-order valence-corrected chi connectivity index (χ1v) is 6.38. The van der Waals surface area contributed by atoms with Gasteiger partial charge in [-0.3, -0.25) is 4.79 Å². The first-order chi connectivity index (χ1) is 8.37. The molecule has 18 heavy (non-hydrogen) atoms. The summed E-state index contributed by atoms with van der Waals surface area (Å²) in [6.07, 6.45) is 2.72. The average Bonchev–Trinajstić information content (AvgIpc) is 2.70. The Bertz CT molecular complexity index is 288. The second-order valence-electron chi connectivity index (χ2n) is 5.32. The molecule has 1 fully saturated rings. The number of nitrogens with zero attached hydrogens (tertiary/aromatic N) is 1. The standard InChI is InChI=1S/C11H23BN2O4/c1-14(2)9-7-11(10(15)16,13-8-9)5-3-4-6-12(17)18/h9,13,17-18H,3-8H2,1-2H3,(H,15,16)/t9-,11+/m1/s1. The molecule has 2 atom stereocenters.